The molecule has 2 atom stereocenters. The lowest BCUT2D eigenvalue weighted by Crippen LogP contribution is -2.55. The molecular formula is C25H25ClN4O6. The smallest absolute Gasteiger partial charge is 0.411 e. The summed E-state index contributed by atoms with van der Waals surface area (Å²) in [6, 6.07) is 11.4. The molecule has 2 aromatic carbocycles. The van der Waals surface area contributed by atoms with Gasteiger partial charge < -0.3 is 15.2 Å². The number of piperidine rings is 1. The Hall–Kier alpha value is -3.89. The number of benzene rings is 2. The molecule has 1 saturated heterocycles. The SMILES string of the molecule is Cc1ccc(NC(=O)OCCc2cccc(NC3=CC(=O)N(C4CCC(=O)NC4=O)C3O)c2)cc1Cl. The van der Waals surface area contributed by atoms with E-state index in [1.807, 2.05) is 13.0 Å². The summed E-state index contributed by atoms with van der Waals surface area (Å²) in [5, 5.41) is 19.1. The molecule has 1 fully saturated rings. The van der Waals surface area contributed by atoms with Gasteiger partial charge in [-0.15, -0.1) is 0 Å². The van der Waals surface area contributed by atoms with Crippen LogP contribution in [-0.2, 0) is 25.5 Å². The predicted molar refractivity (Wildman–Crippen MR) is 132 cm³/mol. The molecule has 0 spiro atoms. The number of carbonyl (C=O) groups excluding carboxylic acids is 4. The number of aryl methyl sites for hydroxylation is 1. The van der Waals surface area contributed by atoms with Gasteiger partial charge in [0.1, 0.15) is 6.04 Å². The van der Waals surface area contributed by atoms with Crippen LogP contribution < -0.4 is 16.0 Å². The van der Waals surface area contributed by atoms with Crippen LogP contribution in [0, 0.1) is 6.92 Å². The topological polar surface area (TPSA) is 137 Å². The maximum Gasteiger partial charge on any atom is 0.411 e. The number of ether oxygens (including phenoxy) is 1. The lowest BCUT2D eigenvalue weighted by atomic mass is 10.0. The highest BCUT2D eigenvalue weighted by atomic mass is 35.5. The minimum Gasteiger partial charge on any atom is -0.449 e. The molecule has 2 aliphatic heterocycles. The number of carbonyl (C=O) groups is 4. The van der Waals surface area contributed by atoms with Crippen molar-refractivity contribution in [3.8, 4) is 0 Å². The van der Waals surface area contributed by atoms with Crippen LogP contribution in [0.15, 0.2) is 54.2 Å². The molecule has 2 heterocycles. The zero-order valence-electron chi connectivity index (χ0n) is 19.4. The van der Waals surface area contributed by atoms with Gasteiger partial charge >= 0.3 is 6.09 Å². The average molecular weight is 513 g/mol. The first kappa shape index (κ1) is 25.2. The van der Waals surface area contributed by atoms with E-state index in [-0.39, 0.29) is 25.1 Å². The Labute approximate surface area is 212 Å². The van der Waals surface area contributed by atoms with Crippen LogP contribution >= 0.6 is 11.6 Å². The van der Waals surface area contributed by atoms with Crippen LogP contribution in [0.1, 0.15) is 24.0 Å². The van der Waals surface area contributed by atoms with Gasteiger partial charge in [-0.25, -0.2) is 4.79 Å². The molecule has 4 amide bonds. The fourth-order valence-corrected chi connectivity index (χ4v) is 4.16. The van der Waals surface area contributed by atoms with Crippen molar-refractivity contribution in [2.45, 2.75) is 38.5 Å². The van der Waals surface area contributed by atoms with Gasteiger partial charge in [0.2, 0.25) is 11.8 Å². The van der Waals surface area contributed by atoms with Crippen molar-refractivity contribution >= 4 is 46.8 Å². The highest BCUT2D eigenvalue weighted by Gasteiger charge is 2.42. The first-order valence-electron chi connectivity index (χ1n) is 11.3. The Morgan fingerprint density at radius 3 is 2.75 bits per heavy atom. The number of nitrogens with zero attached hydrogens (tertiary/aromatic N) is 1. The largest absolute Gasteiger partial charge is 0.449 e. The summed E-state index contributed by atoms with van der Waals surface area (Å²) in [6.45, 7) is 1.99. The predicted octanol–water partition coefficient (Wildman–Crippen LogP) is 2.70. The van der Waals surface area contributed by atoms with Gasteiger partial charge in [-0.05, 0) is 48.7 Å². The third-order valence-corrected chi connectivity index (χ3v) is 6.29. The van der Waals surface area contributed by atoms with Crippen LogP contribution in [0.5, 0.6) is 0 Å². The van der Waals surface area contributed by atoms with E-state index in [0.717, 1.165) is 16.0 Å². The second-order valence-electron chi connectivity index (χ2n) is 8.49. The lowest BCUT2D eigenvalue weighted by molar-refractivity contribution is -0.148. The number of aliphatic hydroxyl groups excluding tert-OH is 1. The van der Waals surface area contributed by atoms with E-state index in [2.05, 4.69) is 16.0 Å². The number of imide groups is 1. The highest BCUT2D eigenvalue weighted by Crippen LogP contribution is 2.26. The van der Waals surface area contributed by atoms with Gasteiger partial charge in [-0.2, -0.15) is 0 Å². The number of hydrogen-bond donors (Lipinski definition) is 4. The minimum atomic E-state index is -1.35. The molecule has 0 aliphatic carbocycles. The molecule has 36 heavy (non-hydrogen) atoms. The van der Waals surface area contributed by atoms with Crippen LogP contribution in [0.3, 0.4) is 0 Å². The third kappa shape index (κ3) is 5.84. The van der Waals surface area contributed by atoms with Crippen LogP contribution in [0.2, 0.25) is 5.02 Å². The molecule has 11 heteroatoms. The molecule has 2 aromatic rings. The van der Waals surface area contributed by atoms with Crippen LogP contribution in [0.25, 0.3) is 0 Å². The summed E-state index contributed by atoms with van der Waals surface area (Å²) in [7, 11) is 0. The van der Waals surface area contributed by atoms with Gasteiger partial charge in [0.25, 0.3) is 5.91 Å². The van der Waals surface area contributed by atoms with E-state index in [0.29, 0.717) is 22.8 Å². The third-order valence-electron chi connectivity index (χ3n) is 5.88. The maximum absolute atomic E-state index is 12.5. The van der Waals surface area contributed by atoms with Gasteiger partial charge in [0.15, 0.2) is 6.23 Å². The quantitative estimate of drug-likeness (QED) is 0.418. The van der Waals surface area contributed by atoms with Crippen molar-refractivity contribution in [1.29, 1.82) is 0 Å². The van der Waals surface area contributed by atoms with E-state index in [1.54, 1.807) is 36.4 Å². The Bertz CT molecular complexity index is 1250. The first-order chi connectivity index (χ1) is 17.2. The molecule has 0 aromatic heterocycles. The summed E-state index contributed by atoms with van der Waals surface area (Å²) < 4.78 is 5.25. The molecular weight excluding hydrogens is 488 g/mol. The molecule has 188 valence electrons. The normalized spacial score (nSPS) is 19.6. The summed E-state index contributed by atoms with van der Waals surface area (Å²) in [6.07, 6.45) is -0.0553. The molecule has 2 aliphatic rings. The van der Waals surface area contributed by atoms with Crippen LogP contribution in [-0.4, -0.2) is 52.7 Å². The van der Waals surface area contributed by atoms with Crippen molar-refractivity contribution in [2.75, 3.05) is 17.2 Å². The number of rotatable bonds is 7. The van der Waals surface area contributed by atoms with Crippen molar-refractivity contribution in [3.05, 3.63) is 70.4 Å². The second kappa shape index (κ2) is 10.8. The number of hydrogen-bond acceptors (Lipinski definition) is 7. The zero-order chi connectivity index (χ0) is 25.8. The monoisotopic (exact) mass is 512 g/mol. The second-order valence-corrected chi connectivity index (χ2v) is 8.89. The highest BCUT2D eigenvalue weighted by molar-refractivity contribution is 6.31. The van der Waals surface area contributed by atoms with Crippen molar-refractivity contribution in [3.63, 3.8) is 0 Å². The van der Waals surface area contributed by atoms with E-state index >= 15 is 0 Å². The van der Waals surface area contributed by atoms with Gasteiger partial charge in [-0.1, -0.05) is 29.8 Å². The summed E-state index contributed by atoms with van der Waals surface area (Å²) in [4.78, 5) is 49.1. The van der Waals surface area contributed by atoms with Crippen molar-refractivity contribution < 1.29 is 29.0 Å². The van der Waals surface area contributed by atoms with E-state index in [4.69, 9.17) is 16.3 Å². The van der Waals surface area contributed by atoms with E-state index in [1.165, 1.54) is 6.08 Å². The van der Waals surface area contributed by atoms with Gasteiger partial charge in [0.05, 0.1) is 12.3 Å². The standard InChI is InChI=1S/C25H25ClN4O6/c1-14-5-6-17(12-18(14)26)28-25(35)36-10-9-15-3-2-4-16(11-15)27-19-13-22(32)30(24(19)34)20-7-8-21(31)29-23(20)33/h2-6,11-13,20,24,27,34H,7-10H2,1H3,(H,28,35)(H,29,31,33). The molecule has 4 rings (SSSR count). The van der Waals surface area contributed by atoms with Gasteiger partial charge in [-0.3, -0.25) is 29.9 Å². The number of amides is 4. The lowest BCUT2D eigenvalue weighted by Gasteiger charge is -2.32. The fourth-order valence-electron chi connectivity index (χ4n) is 3.98. The van der Waals surface area contributed by atoms with Gasteiger partial charge in [0, 0.05) is 35.3 Å². The molecule has 4 N–H and O–H groups in total. The Morgan fingerprint density at radius 1 is 1.19 bits per heavy atom. The first-order valence-corrected chi connectivity index (χ1v) is 11.7. The van der Waals surface area contributed by atoms with Crippen molar-refractivity contribution in [2.24, 2.45) is 0 Å². The molecule has 2 unspecified atom stereocenters. The average Bonchev–Trinajstić information content (AvgIpc) is 3.09. The molecule has 0 radical (unpaired) electrons. The molecule has 0 saturated carbocycles. The Morgan fingerprint density at radius 2 is 2.00 bits per heavy atom. The van der Waals surface area contributed by atoms with Crippen LogP contribution in [0.4, 0.5) is 16.2 Å². The summed E-state index contributed by atoms with van der Waals surface area (Å²) >= 11 is 6.06. The molecule has 0 bridgehead atoms. The summed E-state index contributed by atoms with van der Waals surface area (Å²) in [5.74, 6) is -1.53. The number of anilines is 2. The number of nitrogens with one attached hydrogen (secondary N) is 3. The zero-order valence-corrected chi connectivity index (χ0v) is 20.2. The van der Waals surface area contributed by atoms with E-state index in [9.17, 15) is 24.3 Å². The fraction of sp³-hybridized carbons (Fsp3) is 0.280. The number of halogens is 1. The number of aliphatic hydroxyl groups is 1. The maximum atomic E-state index is 12.5. The summed E-state index contributed by atoms with van der Waals surface area (Å²) in [5.41, 5.74) is 3.11. The Kier molecular flexibility index (Phi) is 7.56. The van der Waals surface area contributed by atoms with E-state index < -0.39 is 36.1 Å². The Balaban J connectivity index is 1.30. The minimum absolute atomic E-state index is 0.0938. The van der Waals surface area contributed by atoms with Crippen molar-refractivity contribution in [1.82, 2.24) is 10.2 Å². The molecule has 10 nitrogen and oxygen atoms in total.